The van der Waals surface area contributed by atoms with Crippen molar-refractivity contribution in [1.29, 1.82) is 0 Å². The summed E-state index contributed by atoms with van der Waals surface area (Å²) in [7, 11) is 0. The van der Waals surface area contributed by atoms with Crippen molar-refractivity contribution in [2.75, 3.05) is 31.9 Å². The molecule has 4 heterocycles. The third-order valence-electron chi connectivity index (χ3n) is 7.27. The van der Waals surface area contributed by atoms with Gasteiger partial charge in [-0.1, -0.05) is 12.1 Å². The van der Waals surface area contributed by atoms with Gasteiger partial charge in [0, 0.05) is 42.7 Å². The number of hydrogen-bond donors (Lipinski definition) is 1. The maximum atomic E-state index is 13.6. The van der Waals surface area contributed by atoms with Gasteiger partial charge in [-0.3, -0.25) is 4.79 Å². The molecule has 5 rings (SSSR count). The normalized spacial score (nSPS) is 17.4. The number of nitrogens with zero attached hydrogens (tertiary/aromatic N) is 5. The van der Waals surface area contributed by atoms with Gasteiger partial charge in [-0.2, -0.15) is 13.2 Å². The number of nitrogens with two attached hydrogens (primary N) is 1. The molecule has 10 heteroatoms. The minimum atomic E-state index is -4.49. The number of halogens is 3. The molecule has 0 spiro atoms. The van der Waals surface area contributed by atoms with Crippen molar-refractivity contribution in [3.8, 4) is 22.4 Å². The topological polar surface area (TPSA) is 88.2 Å². The summed E-state index contributed by atoms with van der Waals surface area (Å²) in [5, 5.41) is 0. The van der Waals surface area contributed by atoms with Crippen LogP contribution in [0.2, 0.25) is 0 Å². The zero-order valence-electron chi connectivity index (χ0n) is 20.6. The van der Waals surface area contributed by atoms with Gasteiger partial charge in [0.25, 0.3) is 5.91 Å². The van der Waals surface area contributed by atoms with E-state index in [0.29, 0.717) is 47.1 Å². The van der Waals surface area contributed by atoms with Crippen LogP contribution in [0.4, 0.5) is 19.1 Å². The van der Waals surface area contributed by atoms with Gasteiger partial charge < -0.3 is 15.5 Å². The smallest absolute Gasteiger partial charge is 0.368 e. The van der Waals surface area contributed by atoms with E-state index in [9.17, 15) is 18.0 Å². The first kappa shape index (κ1) is 25.1. The second kappa shape index (κ2) is 10.1. The van der Waals surface area contributed by atoms with Crippen LogP contribution in [0.3, 0.4) is 0 Å². The van der Waals surface area contributed by atoms with Crippen molar-refractivity contribution in [2.24, 2.45) is 0 Å². The summed E-state index contributed by atoms with van der Waals surface area (Å²) in [6, 6.07) is 7.30. The number of anilines is 1. The lowest BCUT2D eigenvalue weighted by Crippen LogP contribution is -2.46. The average Bonchev–Trinajstić information content (AvgIpc) is 3.44. The largest absolute Gasteiger partial charge is 0.416 e. The van der Waals surface area contributed by atoms with Crippen LogP contribution in [-0.2, 0) is 6.18 Å². The molecule has 0 saturated carbocycles. The Morgan fingerprint density at radius 3 is 2.32 bits per heavy atom. The van der Waals surface area contributed by atoms with E-state index in [-0.39, 0.29) is 17.5 Å². The van der Waals surface area contributed by atoms with E-state index in [1.807, 2.05) is 4.90 Å². The Kier molecular flexibility index (Phi) is 6.85. The molecule has 1 amide bonds. The molecule has 2 fully saturated rings. The summed E-state index contributed by atoms with van der Waals surface area (Å²) < 4.78 is 40.3. The fourth-order valence-corrected chi connectivity index (χ4v) is 5.28. The summed E-state index contributed by atoms with van der Waals surface area (Å²) in [4.78, 5) is 30.7. The van der Waals surface area contributed by atoms with E-state index in [0.717, 1.165) is 38.1 Å². The van der Waals surface area contributed by atoms with Crippen LogP contribution < -0.4 is 5.73 Å². The van der Waals surface area contributed by atoms with E-state index >= 15 is 0 Å². The SMILES string of the molecule is Cc1cc(-c2cccc(C(F)(F)F)c2)c(-c2cnc(N)nc2)nc1C(=O)N1CCC(N2CCCC2)CC1. The Labute approximate surface area is 213 Å². The number of piperidine rings is 1. The van der Waals surface area contributed by atoms with Crippen LogP contribution in [0.5, 0.6) is 0 Å². The highest BCUT2D eigenvalue weighted by molar-refractivity contribution is 5.96. The Morgan fingerprint density at radius 1 is 1.00 bits per heavy atom. The van der Waals surface area contributed by atoms with Crippen molar-refractivity contribution >= 4 is 11.9 Å². The van der Waals surface area contributed by atoms with Gasteiger partial charge in [-0.05, 0) is 75.0 Å². The number of likely N-dealkylation sites (tertiary alicyclic amines) is 2. The lowest BCUT2D eigenvalue weighted by Gasteiger charge is -2.36. The van der Waals surface area contributed by atoms with E-state index in [2.05, 4.69) is 14.9 Å². The van der Waals surface area contributed by atoms with Crippen LogP contribution in [0.15, 0.2) is 42.7 Å². The first-order chi connectivity index (χ1) is 17.7. The summed E-state index contributed by atoms with van der Waals surface area (Å²) in [6.07, 6.45) is 2.76. The molecule has 37 heavy (non-hydrogen) atoms. The molecule has 2 saturated heterocycles. The molecule has 194 valence electrons. The van der Waals surface area contributed by atoms with Gasteiger partial charge in [-0.15, -0.1) is 0 Å². The summed E-state index contributed by atoms with van der Waals surface area (Å²) >= 11 is 0. The number of amides is 1. The predicted molar refractivity (Wildman–Crippen MR) is 135 cm³/mol. The van der Waals surface area contributed by atoms with Crippen molar-refractivity contribution < 1.29 is 18.0 Å². The Bertz CT molecular complexity index is 1280. The number of nitrogen functional groups attached to an aromatic ring is 1. The molecule has 0 atom stereocenters. The number of hydrogen-bond acceptors (Lipinski definition) is 6. The Morgan fingerprint density at radius 2 is 1.68 bits per heavy atom. The van der Waals surface area contributed by atoms with Gasteiger partial charge in [0.2, 0.25) is 5.95 Å². The van der Waals surface area contributed by atoms with Gasteiger partial charge in [0.1, 0.15) is 5.69 Å². The molecule has 0 unspecified atom stereocenters. The zero-order chi connectivity index (χ0) is 26.2. The van der Waals surface area contributed by atoms with E-state index < -0.39 is 11.7 Å². The maximum Gasteiger partial charge on any atom is 0.416 e. The molecule has 7 nitrogen and oxygen atoms in total. The number of pyridine rings is 1. The molecule has 3 aromatic rings. The summed E-state index contributed by atoms with van der Waals surface area (Å²) in [6.45, 7) is 5.32. The molecule has 2 N–H and O–H groups in total. The molecule has 2 aromatic heterocycles. The molecular formula is C27H29F3N6O. The highest BCUT2D eigenvalue weighted by atomic mass is 19.4. The van der Waals surface area contributed by atoms with Crippen molar-refractivity contribution in [1.82, 2.24) is 24.8 Å². The number of aromatic nitrogens is 3. The van der Waals surface area contributed by atoms with Gasteiger partial charge >= 0.3 is 6.18 Å². The lowest BCUT2D eigenvalue weighted by atomic mass is 9.96. The van der Waals surface area contributed by atoms with Crippen molar-refractivity contribution in [3.05, 3.63) is 59.5 Å². The van der Waals surface area contributed by atoms with Crippen LogP contribution in [-0.4, -0.2) is 62.9 Å². The zero-order valence-corrected chi connectivity index (χ0v) is 20.6. The second-order valence-corrected chi connectivity index (χ2v) is 9.72. The number of rotatable bonds is 4. The Balaban J connectivity index is 1.50. The quantitative estimate of drug-likeness (QED) is 0.542. The summed E-state index contributed by atoms with van der Waals surface area (Å²) in [5.74, 6) is -0.112. The first-order valence-electron chi connectivity index (χ1n) is 12.5. The molecular weight excluding hydrogens is 481 g/mol. The maximum absolute atomic E-state index is 13.6. The number of aryl methyl sites for hydroxylation is 1. The molecule has 0 bridgehead atoms. The highest BCUT2D eigenvalue weighted by Crippen LogP contribution is 2.36. The van der Waals surface area contributed by atoms with Gasteiger partial charge in [0.05, 0.1) is 11.3 Å². The highest BCUT2D eigenvalue weighted by Gasteiger charge is 2.32. The number of carbonyl (C=O) groups excluding carboxylic acids is 1. The van der Waals surface area contributed by atoms with Crippen LogP contribution in [0.25, 0.3) is 22.4 Å². The van der Waals surface area contributed by atoms with E-state index in [1.54, 1.807) is 19.1 Å². The molecule has 1 aromatic carbocycles. The molecule has 0 aliphatic carbocycles. The molecule has 2 aliphatic rings. The fraction of sp³-hybridized carbons (Fsp3) is 0.407. The number of carbonyl (C=O) groups is 1. The first-order valence-corrected chi connectivity index (χ1v) is 12.5. The van der Waals surface area contributed by atoms with Crippen molar-refractivity contribution in [3.63, 3.8) is 0 Å². The van der Waals surface area contributed by atoms with Gasteiger partial charge in [-0.25, -0.2) is 15.0 Å². The number of benzene rings is 1. The predicted octanol–water partition coefficient (Wildman–Crippen LogP) is 4.82. The number of alkyl halides is 3. The Hall–Kier alpha value is -3.53. The minimum Gasteiger partial charge on any atom is -0.368 e. The second-order valence-electron chi connectivity index (χ2n) is 9.72. The monoisotopic (exact) mass is 510 g/mol. The lowest BCUT2D eigenvalue weighted by molar-refractivity contribution is -0.137. The third kappa shape index (κ3) is 5.29. The average molecular weight is 511 g/mol. The molecule has 0 radical (unpaired) electrons. The standard InChI is InChI=1S/C27H29F3N6O/c1-17-13-22(18-5-4-6-20(14-18)27(28,29)30)24(19-15-32-26(31)33-16-19)34-23(17)25(37)36-11-7-21(8-12-36)35-9-2-3-10-35/h4-6,13-16,21H,2-3,7-12H2,1H3,(H2,31,32,33). The van der Waals surface area contributed by atoms with Crippen LogP contribution in [0, 0.1) is 6.92 Å². The third-order valence-corrected chi connectivity index (χ3v) is 7.27. The van der Waals surface area contributed by atoms with Crippen LogP contribution in [0.1, 0.15) is 47.3 Å². The van der Waals surface area contributed by atoms with Crippen molar-refractivity contribution in [2.45, 2.75) is 44.8 Å². The van der Waals surface area contributed by atoms with E-state index in [4.69, 9.17) is 10.7 Å². The summed E-state index contributed by atoms with van der Waals surface area (Å²) in [5.41, 5.74) is 7.35. The fourth-order valence-electron chi connectivity index (χ4n) is 5.28. The molecule has 2 aliphatic heterocycles. The minimum absolute atomic E-state index is 0.0636. The van der Waals surface area contributed by atoms with Crippen LogP contribution >= 0.6 is 0 Å². The van der Waals surface area contributed by atoms with Gasteiger partial charge in [0.15, 0.2) is 0 Å². The van der Waals surface area contributed by atoms with E-state index in [1.165, 1.54) is 31.3 Å².